The Bertz CT molecular complexity index is 376. The maximum absolute atomic E-state index is 10.8. The van der Waals surface area contributed by atoms with Crippen LogP contribution in [0.15, 0.2) is 10.5 Å². The van der Waals surface area contributed by atoms with Gasteiger partial charge in [0.05, 0.1) is 5.60 Å². The van der Waals surface area contributed by atoms with Gasteiger partial charge in [0, 0.05) is 0 Å². The SMILES string of the molecule is CCC(C)(C)OCc1cc(C(=O)O)c(C)o1. The second-order valence-electron chi connectivity index (χ2n) is 4.39. The van der Waals surface area contributed by atoms with E-state index in [0.717, 1.165) is 6.42 Å². The zero-order valence-electron chi connectivity index (χ0n) is 10.2. The van der Waals surface area contributed by atoms with Crippen LogP contribution in [0.5, 0.6) is 0 Å². The molecular weight excluding hydrogens is 208 g/mol. The van der Waals surface area contributed by atoms with Crippen molar-refractivity contribution in [3.63, 3.8) is 0 Å². The van der Waals surface area contributed by atoms with E-state index < -0.39 is 5.97 Å². The van der Waals surface area contributed by atoms with Gasteiger partial charge in [-0.1, -0.05) is 6.92 Å². The Balaban J connectivity index is 2.69. The Kier molecular flexibility index (Phi) is 3.75. The second kappa shape index (κ2) is 4.70. The number of aryl methyl sites for hydroxylation is 1. The second-order valence-corrected chi connectivity index (χ2v) is 4.39. The van der Waals surface area contributed by atoms with Gasteiger partial charge in [0.15, 0.2) is 0 Å². The highest BCUT2D eigenvalue weighted by molar-refractivity contribution is 5.88. The number of carbonyl (C=O) groups is 1. The summed E-state index contributed by atoms with van der Waals surface area (Å²) in [6.07, 6.45) is 0.887. The summed E-state index contributed by atoms with van der Waals surface area (Å²) in [5, 5.41) is 8.85. The van der Waals surface area contributed by atoms with Gasteiger partial charge in [-0.2, -0.15) is 0 Å². The third-order valence-corrected chi connectivity index (χ3v) is 2.66. The molecule has 0 aliphatic heterocycles. The van der Waals surface area contributed by atoms with Crippen LogP contribution in [0.1, 0.15) is 49.1 Å². The third kappa shape index (κ3) is 3.10. The number of furan rings is 1. The lowest BCUT2D eigenvalue weighted by atomic mass is 10.1. The summed E-state index contributed by atoms with van der Waals surface area (Å²) in [6, 6.07) is 1.52. The van der Waals surface area contributed by atoms with Crippen molar-refractivity contribution in [2.75, 3.05) is 0 Å². The summed E-state index contributed by atoms with van der Waals surface area (Å²) in [7, 11) is 0. The van der Waals surface area contributed by atoms with E-state index in [4.69, 9.17) is 14.3 Å². The van der Waals surface area contributed by atoms with Crippen LogP contribution in [0.25, 0.3) is 0 Å². The molecule has 1 heterocycles. The fourth-order valence-electron chi connectivity index (χ4n) is 1.20. The lowest BCUT2D eigenvalue weighted by Gasteiger charge is -2.22. The molecule has 0 bridgehead atoms. The van der Waals surface area contributed by atoms with Gasteiger partial charge in [-0.05, 0) is 33.3 Å². The average molecular weight is 226 g/mol. The highest BCUT2D eigenvalue weighted by atomic mass is 16.5. The molecule has 0 fully saturated rings. The first-order valence-electron chi connectivity index (χ1n) is 5.32. The van der Waals surface area contributed by atoms with Gasteiger partial charge in [0.25, 0.3) is 0 Å². The van der Waals surface area contributed by atoms with Crippen LogP contribution in [0.3, 0.4) is 0 Å². The fraction of sp³-hybridized carbons (Fsp3) is 0.583. The molecule has 0 unspecified atom stereocenters. The van der Waals surface area contributed by atoms with Crippen molar-refractivity contribution < 1.29 is 19.1 Å². The van der Waals surface area contributed by atoms with E-state index in [1.54, 1.807) is 6.92 Å². The highest BCUT2D eigenvalue weighted by Crippen LogP contribution is 2.20. The minimum atomic E-state index is -0.970. The summed E-state index contributed by atoms with van der Waals surface area (Å²) >= 11 is 0. The largest absolute Gasteiger partial charge is 0.478 e. The summed E-state index contributed by atoms with van der Waals surface area (Å²) < 4.78 is 10.9. The average Bonchev–Trinajstić information content (AvgIpc) is 2.57. The molecule has 4 heteroatoms. The van der Waals surface area contributed by atoms with E-state index in [1.165, 1.54) is 6.07 Å². The van der Waals surface area contributed by atoms with E-state index in [-0.39, 0.29) is 11.2 Å². The van der Waals surface area contributed by atoms with Crippen molar-refractivity contribution in [1.82, 2.24) is 0 Å². The molecule has 4 nitrogen and oxygen atoms in total. The Morgan fingerprint density at radius 1 is 1.56 bits per heavy atom. The van der Waals surface area contributed by atoms with Gasteiger partial charge in [-0.15, -0.1) is 0 Å². The zero-order valence-corrected chi connectivity index (χ0v) is 10.2. The molecule has 0 aliphatic rings. The number of rotatable bonds is 5. The van der Waals surface area contributed by atoms with Crippen LogP contribution < -0.4 is 0 Å². The standard InChI is InChI=1S/C12H18O4/c1-5-12(3,4)15-7-9-6-10(11(13)14)8(2)16-9/h6H,5,7H2,1-4H3,(H,13,14). The van der Waals surface area contributed by atoms with Crippen molar-refractivity contribution in [3.05, 3.63) is 23.2 Å². The van der Waals surface area contributed by atoms with E-state index in [1.807, 2.05) is 20.8 Å². The molecule has 0 spiro atoms. The molecule has 1 aromatic rings. The molecule has 1 rings (SSSR count). The molecule has 0 aliphatic carbocycles. The Hall–Kier alpha value is -1.29. The molecule has 16 heavy (non-hydrogen) atoms. The van der Waals surface area contributed by atoms with Crippen molar-refractivity contribution in [2.24, 2.45) is 0 Å². The Morgan fingerprint density at radius 2 is 2.19 bits per heavy atom. The first kappa shape index (κ1) is 12.8. The quantitative estimate of drug-likeness (QED) is 0.838. The van der Waals surface area contributed by atoms with Crippen molar-refractivity contribution in [3.8, 4) is 0 Å². The number of carboxylic acids is 1. The van der Waals surface area contributed by atoms with Gasteiger partial charge in [0.1, 0.15) is 23.7 Å². The molecule has 1 N–H and O–H groups in total. The normalized spacial score (nSPS) is 11.8. The van der Waals surface area contributed by atoms with Crippen LogP contribution in [0, 0.1) is 6.92 Å². The van der Waals surface area contributed by atoms with E-state index >= 15 is 0 Å². The summed E-state index contributed by atoms with van der Waals surface area (Å²) in [5.41, 5.74) is -0.0164. The van der Waals surface area contributed by atoms with Crippen molar-refractivity contribution in [1.29, 1.82) is 0 Å². The molecule has 0 aromatic carbocycles. The highest BCUT2D eigenvalue weighted by Gasteiger charge is 2.18. The third-order valence-electron chi connectivity index (χ3n) is 2.66. The molecule has 1 aromatic heterocycles. The lowest BCUT2D eigenvalue weighted by molar-refractivity contribution is -0.0385. The molecule has 0 radical (unpaired) electrons. The van der Waals surface area contributed by atoms with E-state index in [2.05, 4.69) is 0 Å². The van der Waals surface area contributed by atoms with Gasteiger partial charge < -0.3 is 14.3 Å². The zero-order chi connectivity index (χ0) is 12.3. The maximum atomic E-state index is 10.8. The summed E-state index contributed by atoms with van der Waals surface area (Å²) in [5.74, 6) is -0.000851. The number of aromatic carboxylic acids is 1. The predicted octanol–water partition coefficient (Wildman–Crippen LogP) is 2.99. The number of hydrogen-bond donors (Lipinski definition) is 1. The maximum Gasteiger partial charge on any atom is 0.339 e. The van der Waals surface area contributed by atoms with Crippen molar-refractivity contribution >= 4 is 5.97 Å². The number of hydrogen-bond acceptors (Lipinski definition) is 3. The monoisotopic (exact) mass is 226 g/mol. The number of carboxylic acid groups (broad SMARTS) is 1. The van der Waals surface area contributed by atoms with Gasteiger partial charge in [-0.25, -0.2) is 4.79 Å². The molecule has 0 atom stereocenters. The van der Waals surface area contributed by atoms with Crippen LogP contribution in [0.4, 0.5) is 0 Å². The molecule has 0 saturated heterocycles. The predicted molar refractivity (Wildman–Crippen MR) is 59.6 cm³/mol. The lowest BCUT2D eigenvalue weighted by Crippen LogP contribution is -2.22. The van der Waals surface area contributed by atoms with Crippen LogP contribution >= 0.6 is 0 Å². The summed E-state index contributed by atoms with van der Waals surface area (Å²) in [6.45, 7) is 7.95. The van der Waals surface area contributed by atoms with Gasteiger partial charge in [0.2, 0.25) is 0 Å². The first-order valence-corrected chi connectivity index (χ1v) is 5.32. The van der Waals surface area contributed by atoms with Gasteiger partial charge in [-0.3, -0.25) is 0 Å². The summed E-state index contributed by atoms with van der Waals surface area (Å²) in [4.78, 5) is 10.8. The minimum absolute atomic E-state index is 0.202. The molecule has 0 amide bonds. The number of ether oxygens (including phenoxy) is 1. The smallest absolute Gasteiger partial charge is 0.339 e. The van der Waals surface area contributed by atoms with Crippen LogP contribution in [-0.4, -0.2) is 16.7 Å². The van der Waals surface area contributed by atoms with E-state index in [0.29, 0.717) is 18.1 Å². The van der Waals surface area contributed by atoms with Crippen LogP contribution in [0.2, 0.25) is 0 Å². The topological polar surface area (TPSA) is 59.7 Å². The Labute approximate surface area is 95.2 Å². The fourth-order valence-corrected chi connectivity index (χ4v) is 1.20. The van der Waals surface area contributed by atoms with Gasteiger partial charge >= 0.3 is 5.97 Å². The Morgan fingerprint density at radius 3 is 2.62 bits per heavy atom. The first-order chi connectivity index (χ1) is 7.35. The molecule has 0 saturated carbocycles. The molecule has 90 valence electrons. The van der Waals surface area contributed by atoms with E-state index in [9.17, 15) is 4.79 Å². The minimum Gasteiger partial charge on any atom is -0.478 e. The van der Waals surface area contributed by atoms with Crippen LogP contribution in [-0.2, 0) is 11.3 Å². The molecular formula is C12H18O4. The van der Waals surface area contributed by atoms with Crippen molar-refractivity contribution in [2.45, 2.75) is 46.3 Å².